The number of amides is 1. The topological polar surface area (TPSA) is 79.7 Å². The molecule has 1 aromatic carbocycles. The van der Waals surface area contributed by atoms with Crippen LogP contribution >= 0.6 is 11.3 Å². The van der Waals surface area contributed by atoms with E-state index < -0.39 is 5.97 Å². The van der Waals surface area contributed by atoms with Gasteiger partial charge in [-0.2, -0.15) is 0 Å². The van der Waals surface area contributed by atoms with Crippen LogP contribution in [0.4, 0.5) is 4.39 Å². The van der Waals surface area contributed by atoms with Crippen molar-refractivity contribution < 1.29 is 23.8 Å². The van der Waals surface area contributed by atoms with Crippen molar-refractivity contribution in [3.63, 3.8) is 0 Å². The summed E-state index contributed by atoms with van der Waals surface area (Å²) < 4.78 is 18.4. The van der Waals surface area contributed by atoms with E-state index in [9.17, 15) is 14.0 Å². The van der Waals surface area contributed by atoms with Crippen LogP contribution in [0.2, 0.25) is 0 Å². The van der Waals surface area contributed by atoms with Crippen LogP contribution in [0.5, 0.6) is 5.75 Å². The first-order chi connectivity index (χ1) is 12.3. The normalized spacial score (nSPS) is 10.8. The smallest absolute Gasteiger partial charge is 0.323 e. The van der Waals surface area contributed by atoms with E-state index in [2.05, 4.69) is 4.98 Å². The lowest BCUT2D eigenvalue weighted by Gasteiger charge is -2.22. The van der Waals surface area contributed by atoms with Crippen LogP contribution in [0, 0.1) is 18.7 Å². The Hall–Kier alpha value is -2.48. The zero-order chi connectivity index (χ0) is 19.3. The van der Waals surface area contributed by atoms with Crippen LogP contribution in [0.25, 0.3) is 0 Å². The Labute approximate surface area is 155 Å². The predicted molar refractivity (Wildman–Crippen MR) is 96.0 cm³/mol. The molecule has 2 aromatic rings. The number of carbonyl (C=O) groups is 2. The van der Waals surface area contributed by atoms with E-state index in [1.807, 2.05) is 13.8 Å². The summed E-state index contributed by atoms with van der Waals surface area (Å²) in [4.78, 5) is 29.8. The van der Waals surface area contributed by atoms with E-state index in [1.165, 1.54) is 40.5 Å². The van der Waals surface area contributed by atoms with Crippen molar-refractivity contribution in [2.75, 3.05) is 13.1 Å². The van der Waals surface area contributed by atoms with Gasteiger partial charge in [0.25, 0.3) is 5.91 Å². The highest BCUT2D eigenvalue weighted by Crippen LogP contribution is 2.22. The number of aromatic nitrogens is 1. The number of aryl methyl sites for hydroxylation is 1. The summed E-state index contributed by atoms with van der Waals surface area (Å²) in [5.41, 5.74) is 0.539. The van der Waals surface area contributed by atoms with Gasteiger partial charge in [-0.1, -0.05) is 13.8 Å². The number of aliphatic carboxylic acids is 1. The van der Waals surface area contributed by atoms with E-state index in [4.69, 9.17) is 9.84 Å². The van der Waals surface area contributed by atoms with Gasteiger partial charge < -0.3 is 14.7 Å². The highest BCUT2D eigenvalue weighted by Gasteiger charge is 2.24. The summed E-state index contributed by atoms with van der Waals surface area (Å²) in [6, 6.07) is 5.62. The Balaban J connectivity index is 2.10. The fraction of sp³-hybridized carbons (Fsp3) is 0.389. The van der Waals surface area contributed by atoms with E-state index in [-0.39, 0.29) is 30.8 Å². The van der Waals surface area contributed by atoms with Crippen LogP contribution in [-0.2, 0) is 11.4 Å². The number of carboxylic acid groups (broad SMARTS) is 1. The lowest BCUT2D eigenvalue weighted by molar-refractivity contribution is -0.137. The number of ether oxygens (including phenoxy) is 1. The second kappa shape index (κ2) is 8.75. The van der Waals surface area contributed by atoms with Gasteiger partial charge in [-0.15, -0.1) is 11.3 Å². The van der Waals surface area contributed by atoms with Gasteiger partial charge in [0, 0.05) is 6.54 Å². The SMILES string of the molecule is Cc1nc(COc2ccc(F)cc2)sc1C(=O)N(CC(=O)O)CC(C)C. The summed E-state index contributed by atoms with van der Waals surface area (Å²) in [5, 5.41) is 9.64. The first-order valence-corrected chi connectivity index (χ1v) is 8.93. The maximum Gasteiger partial charge on any atom is 0.323 e. The second-order valence-corrected chi connectivity index (χ2v) is 7.32. The van der Waals surface area contributed by atoms with Crippen molar-refractivity contribution in [2.24, 2.45) is 5.92 Å². The van der Waals surface area contributed by atoms with Gasteiger partial charge in [-0.05, 0) is 37.1 Å². The van der Waals surface area contributed by atoms with Crippen molar-refractivity contribution >= 4 is 23.2 Å². The van der Waals surface area contributed by atoms with E-state index in [1.54, 1.807) is 6.92 Å². The standard InChI is InChI=1S/C18H21FN2O4S/c1-11(2)8-21(9-16(22)23)18(24)17-12(3)20-15(26-17)10-25-14-6-4-13(19)5-7-14/h4-7,11H,8-10H2,1-3H3,(H,22,23). The average molecular weight is 380 g/mol. The molecule has 0 bridgehead atoms. The summed E-state index contributed by atoms with van der Waals surface area (Å²) >= 11 is 1.18. The third-order valence-electron chi connectivity index (χ3n) is 3.41. The van der Waals surface area contributed by atoms with Gasteiger partial charge in [0.2, 0.25) is 0 Å². The zero-order valence-corrected chi connectivity index (χ0v) is 15.7. The fourth-order valence-corrected chi connectivity index (χ4v) is 3.30. The predicted octanol–water partition coefficient (Wildman–Crippen LogP) is 3.35. The minimum absolute atomic E-state index is 0.146. The number of halogens is 1. The molecule has 0 atom stereocenters. The number of hydrogen-bond donors (Lipinski definition) is 1. The van der Waals surface area contributed by atoms with Gasteiger partial charge >= 0.3 is 5.97 Å². The molecule has 6 nitrogen and oxygen atoms in total. The van der Waals surface area contributed by atoms with E-state index >= 15 is 0 Å². The van der Waals surface area contributed by atoms with Crippen LogP contribution in [0.15, 0.2) is 24.3 Å². The molecule has 0 aliphatic rings. The van der Waals surface area contributed by atoms with Gasteiger partial charge in [-0.3, -0.25) is 9.59 Å². The number of carboxylic acids is 1. The minimum Gasteiger partial charge on any atom is -0.486 e. The Morgan fingerprint density at radius 3 is 2.54 bits per heavy atom. The lowest BCUT2D eigenvalue weighted by Crippen LogP contribution is -2.38. The molecule has 0 fully saturated rings. The molecular formula is C18H21FN2O4S. The molecule has 0 saturated carbocycles. The fourth-order valence-electron chi connectivity index (χ4n) is 2.36. The van der Waals surface area contributed by atoms with Crippen molar-refractivity contribution in [1.29, 1.82) is 0 Å². The second-order valence-electron chi connectivity index (χ2n) is 6.24. The average Bonchev–Trinajstić information content (AvgIpc) is 2.93. The highest BCUT2D eigenvalue weighted by atomic mass is 32.1. The summed E-state index contributed by atoms with van der Waals surface area (Å²) in [6.45, 7) is 5.69. The molecule has 1 heterocycles. The van der Waals surface area contributed by atoms with Crippen molar-refractivity contribution in [3.8, 4) is 5.75 Å². The molecule has 0 aliphatic heterocycles. The molecule has 140 valence electrons. The summed E-state index contributed by atoms with van der Waals surface area (Å²) in [7, 11) is 0. The Bertz CT molecular complexity index is 774. The lowest BCUT2D eigenvalue weighted by atomic mass is 10.2. The maximum atomic E-state index is 12.9. The summed E-state index contributed by atoms with van der Waals surface area (Å²) in [6.07, 6.45) is 0. The van der Waals surface area contributed by atoms with E-state index in [0.717, 1.165) is 0 Å². The number of nitrogens with zero attached hydrogens (tertiary/aromatic N) is 2. The molecule has 2 rings (SSSR count). The van der Waals surface area contributed by atoms with Gasteiger partial charge in [0.15, 0.2) is 0 Å². The third-order valence-corrected chi connectivity index (χ3v) is 4.53. The molecule has 26 heavy (non-hydrogen) atoms. The Morgan fingerprint density at radius 2 is 1.96 bits per heavy atom. The molecular weight excluding hydrogens is 359 g/mol. The van der Waals surface area contributed by atoms with Crippen molar-refractivity contribution in [3.05, 3.63) is 45.7 Å². The number of benzene rings is 1. The van der Waals surface area contributed by atoms with Crippen LogP contribution < -0.4 is 4.74 Å². The summed E-state index contributed by atoms with van der Waals surface area (Å²) in [5.74, 6) is -1.10. The van der Waals surface area contributed by atoms with Gasteiger partial charge in [0.1, 0.15) is 34.6 Å². The molecule has 0 saturated heterocycles. The van der Waals surface area contributed by atoms with E-state index in [0.29, 0.717) is 27.9 Å². The Morgan fingerprint density at radius 1 is 1.31 bits per heavy atom. The Kier molecular flexibility index (Phi) is 6.68. The molecule has 8 heteroatoms. The monoisotopic (exact) mass is 380 g/mol. The van der Waals surface area contributed by atoms with Gasteiger partial charge in [-0.25, -0.2) is 9.37 Å². The maximum absolute atomic E-state index is 12.9. The largest absolute Gasteiger partial charge is 0.486 e. The number of carbonyl (C=O) groups excluding carboxylic acids is 1. The molecule has 1 N–H and O–H groups in total. The number of hydrogen-bond acceptors (Lipinski definition) is 5. The van der Waals surface area contributed by atoms with Crippen LogP contribution in [-0.4, -0.2) is 40.0 Å². The zero-order valence-electron chi connectivity index (χ0n) is 14.9. The first-order valence-electron chi connectivity index (χ1n) is 8.12. The highest BCUT2D eigenvalue weighted by molar-refractivity contribution is 7.13. The van der Waals surface area contributed by atoms with Crippen molar-refractivity contribution in [2.45, 2.75) is 27.4 Å². The van der Waals surface area contributed by atoms with Crippen LogP contribution in [0.1, 0.15) is 34.2 Å². The molecule has 1 amide bonds. The van der Waals surface area contributed by atoms with Crippen molar-refractivity contribution in [1.82, 2.24) is 9.88 Å². The van der Waals surface area contributed by atoms with Crippen LogP contribution in [0.3, 0.4) is 0 Å². The molecule has 1 aromatic heterocycles. The molecule has 0 radical (unpaired) electrons. The number of thiazole rings is 1. The number of rotatable bonds is 8. The van der Waals surface area contributed by atoms with Gasteiger partial charge in [0.05, 0.1) is 5.69 Å². The quantitative estimate of drug-likeness (QED) is 0.760. The first kappa shape index (κ1) is 19.8. The molecule has 0 unspecified atom stereocenters. The molecule has 0 aliphatic carbocycles. The molecule has 0 spiro atoms. The minimum atomic E-state index is -1.05. The third kappa shape index (κ3) is 5.52.